The lowest BCUT2D eigenvalue weighted by atomic mass is 9.46. The molecule has 7 heteroatoms. The summed E-state index contributed by atoms with van der Waals surface area (Å²) in [5.41, 5.74) is -1.88. The molecular weight excluding hydrogens is 412 g/mol. The van der Waals surface area contributed by atoms with Crippen molar-refractivity contribution in [3.8, 4) is 0 Å². The summed E-state index contributed by atoms with van der Waals surface area (Å²) in [6, 6.07) is 0. The molecule has 3 saturated carbocycles. The molecule has 0 saturated heterocycles. The van der Waals surface area contributed by atoms with Crippen molar-refractivity contribution in [1.29, 1.82) is 0 Å². The Morgan fingerprint density at radius 2 is 1.81 bits per heavy atom. The van der Waals surface area contributed by atoms with Crippen molar-refractivity contribution in [2.45, 2.75) is 65.4 Å². The first-order chi connectivity index (χ1) is 14.9. The van der Waals surface area contributed by atoms with Crippen LogP contribution < -0.4 is 0 Å². The molecule has 3 fully saturated rings. The lowest BCUT2D eigenvalue weighted by Crippen LogP contribution is -2.62. The SMILES string of the molecule is CC(=O)OCC(=O)[C@@]1(OC(C)=O)CC[C@H]2[C@H]3CCC4=CC(=O)C=C[C@@]4(C)[C@@H]3C(=O)C[C@]21C. The predicted octanol–water partition coefficient (Wildman–Crippen LogP) is 2.91. The number of carbonyl (C=O) groups excluding carboxylic acids is 5. The first-order valence-corrected chi connectivity index (χ1v) is 11.3. The van der Waals surface area contributed by atoms with Gasteiger partial charge in [-0.2, -0.15) is 0 Å². The van der Waals surface area contributed by atoms with Crippen LogP contribution in [0.25, 0.3) is 0 Å². The normalized spacial score (nSPS) is 40.0. The number of hydrogen-bond acceptors (Lipinski definition) is 7. The van der Waals surface area contributed by atoms with E-state index >= 15 is 0 Å². The molecular formula is C25H30O7. The van der Waals surface area contributed by atoms with Crippen LogP contribution in [0.15, 0.2) is 23.8 Å². The molecule has 4 aliphatic carbocycles. The van der Waals surface area contributed by atoms with Gasteiger partial charge in [0.1, 0.15) is 5.78 Å². The third kappa shape index (κ3) is 3.11. The second-order valence-electron chi connectivity index (χ2n) is 10.2. The molecule has 0 aromatic carbocycles. The zero-order valence-electron chi connectivity index (χ0n) is 19.1. The third-order valence-electron chi connectivity index (χ3n) is 8.55. The smallest absolute Gasteiger partial charge is 0.303 e. The number of ketones is 3. The summed E-state index contributed by atoms with van der Waals surface area (Å²) in [6.07, 6.45) is 7.60. The number of hydrogen-bond donors (Lipinski definition) is 0. The van der Waals surface area contributed by atoms with Gasteiger partial charge in [-0.15, -0.1) is 0 Å². The molecule has 0 heterocycles. The summed E-state index contributed by atoms with van der Waals surface area (Å²) in [4.78, 5) is 62.4. The van der Waals surface area contributed by atoms with E-state index in [1.165, 1.54) is 13.8 Å². The standard InChI is InChI=1S/C25H30O7/c1-14(26)31-13-21(30)25(32-15(2)27)10-8-19-18-6-5-16-11-17(28)7-9-23(16,3)22(18)20(29)12-24(19,25)4/h7,9,11,18-19,22H,5-6,8,10,12-13H2,1-4H3/t18-,19+,22+,23-,24-,25+/m1/s1. The Kier molecular flexibility index (Phi) is 5.30. The minimum Gasteiger partial charge on any atom is -0.458 e. The second-order valence-corrected chi connectivity index (χ2v) is 10.2. The molecule has 0 aromatic rings. The van der Waals surface area contributed by atoms with Crippen LogP contribution in [0.2, 0.25) is 0 Å². The molecule has 0 aromatic heterocycles. The van der Waals surface area contributed by atoms with Crippen LogP contribution >= 0.6 is 0 Å². The van der Waals surface area contributed by atoms with Gasteiger partial charge >= 0.3 is 11.9 Å². The number of allylic oxidation sites excluding steroid dienone is 4. The highest BCUT2D eigenvalue weighted by Gasteiger charge is 2.70. The Morgan fingerprint density at radius 1 is 1.09 bits per heavy atom. The van der Waals surface area contributed by atoms with Crippen LogP contribution in [-0.4, -0.2) is 41.5 Å². The van der Waals surface area contributed by atoms with E-state index in [9.17, 15) is 24.0 Å². The van der Waals surface area contributed by atoms with Crippen LogP contribution in [0.5, 0.6) is 0 Å². The quantitative estimate of drug-likeness (QED) is 0.617. The molecule has 6 atom stereocenters. The molecule has 7 nitrogen and oxygen atoms in total. The number of fused-ring (bicyclic) bond motifs is 5. The number of esters is 2. The zero-order chi connectivity index (χ0) is 23.5. The van der Waals surface area contributed by atoms with E-state index in [0.29, 0.717) is 12.8 Å². The summed E-state index contributed by atoms with van der Waals surface area (Å²) < 4.78 is 10.7. The van der Waals surface area contributed by atoms with Crippen molar-refractivity contribution in [1.82, 2.24) is 0 Å². The second kappa shape index (κ2) is 7.49. The highest BCUT2D eigenvalue weighted by atomic mass is 16.6. The summed E-state index contributed by atoms with van der Waals surface area (Å²) >= 11 is 0. The van der Waals surface area contributed by atoms with E-state index in [0.717, 1.165) is 18.4 Å². The molecule has 0 radical (unpaired) electrons. The van der Waals surface area contributed by atoms with Gasteiger partial charge in [-0.25, -0.2) is 0 Å². The van der Waals surface area contributed by atoms with E-state index in [2.05, 4.69) is 0 Å². The van der Waals surface area contributed by atoms with Gasteiger partial charge < -0.3 is 9.47 Å². The van der Waals surface area contributed by atoms with Crippen LogP contribution in [0.3, 0.4) is 0 Å². The molecule has 0 aliphatic heterocycles. The van der Waals surface area contributed by atoms with E-state index in [1.807, 2.05) is 19.9 Å². The van der Waals surface area contributed by atoms with Crippen LogP contribution in [0.4, 0.5) is 0 Å². The van der Waals surface area contributed by atoms with E-state index in [4.69, 9.17) is 9.47 Å². The fourth-order valence-corrected chi connectivity index (χ4v) is 7.23. The first-order valence-electron chi connectivity index (χ1n) is 11.3. The molecule has 0 spiro atoms. The van der Waals surface area contributed by atoms with Gasteiger partial charge in [0.25, 0.3) is 0 Å². The van der Waals surface area contributed by atoms with Gasteiger partial charge in [-0.1, -0.05) is 25.5 Å². The fourth-order valence-electron chi connectivity index (χ4n) is 7.23. The van der Waals surface area contributed by atoms with Gasteiger partial charge in [0, 0.05) is 37.0 Å². The van der Waals surface area contributed by atoms with Crippen LogP contribution in [0, 0.1) is 28.6 Å². The van der Waals surface area contributed by atoms with Gasteiger partial charge in [0.05, 0.1) is 0 Å². The topological polar surface area (TPSA) is 104 Å². The number of ether oxygens (including phenoxy) is 2. The maximum atomic E-state index is 13.7. The molecule has 4 aliphatic rings. The van der Waals surface area contributed by atoms with Gasteiger partial charge in [-0.05, 0) is 49.7 Å². The Balaban J connectivity index is 1.74. The molecule has 4 rings (SSSR count). The van der Waals surface area contributed by atoms with E-state index in [-0.39, 0.29) is 35.7 Å². The number of rotatable bonds is 4. The van der Waals surface area contributed by atoms with E-state index < -0.39 is 40.8 Å². The minimum absolute atomic E-state index is 0.00442. The van der Waals surface area contributed by atoms with Crippen molar-refractivity contribution in [3.05, 3.63) is 23.8 Å². The van der Waals surface area contributed by atoms with Gasteiger partial charge in [0.2, 0.25) is 5.78 Å². The minimum atomic E-state index is -1.49. The van der Waals surface area contributed by atoms with Crippen LogP contribution in [0.1, 0.15) is 59.8 Å². The predicted molar refractivity (Wildman–Crippen MR) is 113 cm³/mol. The Morgan fingerprint density at radius 3 is 2.47 bits per heavy atom. The van der Waals surface area contributed by atoms with Crippen LogP contribution in [-0.2, 0) is 33.4 Å². The molecule has 0 N–H and O–H groups in total. The number of carbonyl (C=O) groups is 5. The summed E-state index contributed by atoms with van der Waals surface area (Å²) in [5, 5.41) is 0. The average molecular weight is 443 g/mol. The highest BCUT2D eigenvalue weighted by Crippen LogP contribution is 2.66. The maximum Gasteiger partial charge on any atom is 0.303 e. The van der Waals surface area contributed by atoms with Crippen molar-refractivity contribution >= 4 is 29.3 Å². The monoisotopic (exact) mass is 442 g/mol. The third-order valence-corrected chi connectivity index (χ3v) is 8.55. The van der Waals surface area contributed by atoms with E-state index in [1.54, 1.807) is 12.2 Å². The molecule has 0 amide bonds. The Labute approximate surface area is 187 Å². The molecule has 0 bridgehead atoms. The van der Waals surface area contributed by atoms with Crippen molar-refractivity contribution in [3.63, 3.8) is 0 Å². The first kappa shape index (κ1) is 22.6. The lowest BCUT2D eigenvalue weighted by molar-refractivity contribution is -0.191. The molecule has 32 heavy (non-hydrogen) atoms. The number of Topliss-reactive ketones (excluding diaryl/α,β-unsaturated/α-hetero) is 2. The van der Waals surface area contributed by atoms with Gasteiger partial charge in [0.15, 0.2) is 18.0 Å². The maximum absolute atomic E-state index is 13.7. The largest absolute Gasteiger partial charge is 0.458 e. The average Bonchev–Trinajstić information content (AvgIpc) is 2.98. The summed E-state index contributed by atoms with van der Waals surface area (Å²) in [7, 11) is 0. The lowest BCUT2D eigenvalue weighted by Gasteiger charge is -2.57. The van der Waals surface area contributed by atoms with Crippen molar-refractivity contribution < 1.29 is 33.4 Å². The van der Waals surface area contributed by atoms with Crippen molar-refractivity contribution in [2.75, 3.05) is 6.61 Å². The summed E-state index contributed by atoms with van der Waals surface area (Å²) in [5.74, 6) is -1.93. The Bertz CT molecular complexity index is 975. The van der Waals surface area contributed by atoms with Gasteiger partial charge in [-0.3, -0.25) is 24.0 Å². The highest BCUT2D eigenvalue weighted by molar-refractivity contribution is 6.02. The summed E-state index contributed by atoms with van der Waals surface area (Å²) in [6.45, 7) is 5.90. The van der Waals surface area contributed by atoms with Crippen molar-refractivity contribution in [2.24, 2.45) is 28.6 Å². The molecule has 0 unspecified atom stereocenters. The Hall–Kier alpha value is -2.57. The molecule has 172 valence electrons. The zero-order valence-corrected chi connectivity index (χ0v) is 19.1. The fraction of sp³-hybridized carbons (Fsp3) is 0.640.